The third kappa shape index (κ3) is 2.95. The summed E-state index contributed by atoms with van der Waals surface area (Å²) in [4.78, 5) is 14.2. The van der Waals surface area contributed by atoms with Crippen molar-refractivity contribution < 1.29 is 9.53 Å². The number of carbonyl (C=O) groups is 1. The summed E-state index contributed by atoms with van der Waals surface area (Å²) in [5.74, 6) is 0.0736. The third-order valence-corrected chi connectivity index (χ3v) is 3.22. The molecular formula is C12H24N2O2. The summed E-state index contributed by atoms with van der Waals surface area (Å²) in [6, 6.07) is 0.195. The molecule has 0 saturated carbocycles. The standard InChI is InChI=1S/C12H24N2O2/c1-4-6-12(3,13)11(15)14-7-8-16-9-10(14)5-2/h10H,4-9,13H2,1-3H3. The van der Waals surface area contributed by atoms with Gasteiger partial charge in [-0.3, -0.25) is 4.79 Å². The van der Waals surface area contributed by atoms with Crippen LogP contribution in [0.2, 0.25) is 0 Å². The van der Waals surface area contributed by atoms with Gasteiger partial charge in [-0.25, -0.2) is 0 Å². The lowest BCUT2D eigenvalue weighted by molar-refractivity contribution is -0.145. The van der Waals surface area contributed by atoms with Crippen LogP contribution in [0.15, 0.2) is 0 Å². The first kappa shape index (κ1) is 13.5. The van der Waals surface area contributed by atoms with Crippen molar-refractivity contribution in [3.05, 3.63) is 0 Å². The molecule has 0 radical (unpaired) electrons. The van der Waals surface area contributed by atoms with E-state index in [0.29, 0.717) is 19.8 Å². The first-order valence-corrected chi connectivity index (χ1v) is 6.20. The molecule has 1 amide bonds. The molecule has 0 aromatic heterocycles. The first-order valence-electron chi connectivity index (χ1n) is 6.20. The number of hydrogen-bond acceptors (Lipinski definition) is 3. The van der Waals surface area contributed by atoms with Crippen LogP contribution in [0.25, 0.3) is 0 Å². The number of morpholine rings is 1. The molecule has 16 heavy (non-hydrogen) atoms. The molecule has 1 rings (SSSR count). The molecule has 1 aliphatic rings. The average Bonchev–Trinajstić information content (AvgIpc) is 2.28. The van der Waals surface area contributed by atoms with Crippen LogP contribution in [-0.4, -0.2) is 42.1 Å². The van der Waals surface area contributed by atoms with Crippen LogP contribution in [0.5, 0.6) is 0 Å². The van der Waals surface area contributed by atoms with Crippen LogP contribution in [-0.2, 0) is 9.53 Å². The zero-order valence-corrected chi connectivity index (χ0v) is 10.7. The fourth-order valence-electron chi connectivity index (χ4n) is 2.21. The fourth-order valence-corrected chi connectivity index (χ4v) is 2.21. The molecule has 4 nitrogen and oxygen atoms in total. The normalized spacial score (nSPS) is 25.2. The van der Waals surface area contributed by atoms with Gasteiger partial charge >= 0.3 is 0 Å². The largest absolute Gasteiger partial charge is 0.377 e. The van der Waals surface area contributed by atoms with E-state index in [1.54, 1.807) is 0 Å². The summed E-state index contributed by atoms with van der Waals surface area (Å²) in [5.41, 5.74) is 5.36. The maximum atomic E-state index is 12.3. The second-order valence-corrected chi connectivity index (χ2v) is 4.80. The van der Waals surface area contributed by atoms with Gasteiger partial charge in [0.1, 0.15) is 0 Å². The Morgan fingerprint density at radius 1 is 1.56 bits per heavy atom. The monoisotopic (exact) mass is 228 g/mol. The topological polar surface area (TPSA) is 55.6 Å². The van der Waals surface area contributed by atoms with Gasteiger partial charge in [-0.05, 0) is 19.8 Å². The number of rotatable bonds is 4. The molecule has 1 fully saturated rings. The van der Waals surface area contributed by atoms with Gasteiger partial charge in [0.15, 0.2) is 0 Å². The van der Waals surface area contributed by atoms with Crippen molar-refractivity contribution in [1.29, 1.82) is 0 Å². The molecule has 0 aliphatic carbocycles. The van der Waals surface area contributed by atoms with E-state index in [9.17, 15) is 4.79 Å². The van der Waals surface area contributed by atoms with Crippen molar-refractivity contribution in [3.63, 3.8) is 0 Å². The number of nitrogens with zero attached hydrogens (tertiary/aromatic N) is 1. The molecule has 2 unspecified atom stereocenters. The number of carbonyl (C=O) groups excluding carboxylic acids is 1. The lowest BCUT2D eigenvalue weighted by atomic mass is 9.94. The highest BCUT2D eigenvalue weighted by molar-refractivity contribution is 5.86. The van der Waals surface area contributed by atoms with Gasteiger partial charge < -0.3 is 15.4 Å². The Hall–Kier alpha value is -0.610. The number of hydrogen-bond donors (Lipinski definition) is 1. The van der Waals surface area contributed by atoms with E-state index < -0.39 is 5.54 Å². The molecule has 0 spiro atoms. The summed E-state index contributed by atoms with van der Waals surface area (Å²) in [6.45, 7) is 7.91. The van der Waals surface area contributed by atoms with Crippen molar-refractivity contribution in [2.24, 2.45) is 5.73 Å². The maximum Gasteiger partial charge on any atom is 0.242 e. The van der Waals surface area contributed by atoms with E-state index in [1.807, 2.05) is 11.8 Å². The third-order valence-electron chi connectivity index (χ3n) is 3.22. The molecule has 2 N–H and O–H groups in total. The van der Waals surface area contributed by atoms with Crippen LogP contribution in [0.1, 0.15) is 40.0 Å². The maximum absolute atomic E-state index is 12.3. The number of ether oxygens (including phenoxy) is 1. The van der Waals surface area contributed by atoms with Gasteiger partial charge in [0.05, 0.1) is 24.8 Å². The van der Waals surface area contributed by atoms with Crippen LogP contribution in [0, 0.1) is 0 Å². The molecule has 0 aromatic rings. The highest BCUT2D eigenvalue weighted by Crippen LogP contribution is 2.18. The molecule has 1 heterocycles. The molecule has 0 aromatic carbocycles. The Bertz CT molecular complexity index is 241. The number of nitrogens with two attached hydrogens (primary N) is 1. The molecule has 2 atom stereocenters. The Balaban J connectivity index is 2.70. The van der Waals surface area contributed by atoms with Crippen molar-refractivity contribution in [1.82, 2.24) is 4.90 Å². The molecule has 4 heteroatoms. The van der Waals surface area contributed by atoms with Gasteiger partial charge in [-0.15, -0.1) is 0 Å². The van der Waals surface area contributed by atoms with Gasteiger partial charge in [-0.1, -0.05) is 20.3 Å². The first-order chi connectivity index (χ1) is 7.53. The summed E-state index contributed by atoms with van der Waals surface area (Å²) in [6.07, 6.45) is 2.59. The predicted octanol–water partition coefficient (Wildman–Crippen LogP) is 1.14. The zero-order valence-electron chi connectivity index (χ0n) is 10.7. The Morgan fingerprint density at radius 3 is 2.81 bits per heavy atom. The lowest BCUT2D eigenvalue weighted by Gasteiger charge is -2.39. The molecule has 1 saturated heterocycles. The highest BCUT2D eigenvalue weighted by Gasteiger charge is 2.36. The minimum atomic E-state index is -0.723. The lowest BCUT2D eigenvalue weighted by Crippen LogP contribution is -2.59. The fraction of sp³-hybridized carbons (Fsp3) is 0.917. The second kappa shape index (κ2) is 5.64. The summed E-state index contributed by atoms with van der Waals surface area (Å²) < 4.78 is 5.39. The molecule has 0 bridgehead atoms. The van der Waals surface area contributed by atoms with Crippen molar-refractivity contribution >= 4 is 5.91 Å². The predicted molar refractivity (Wildman–Crippen MR) is 64.1 cm³/mol. The van der Waals surface area contributed by atoms with Gasteiger partial charge in [0.2, 0.25) is 5.91 Å². The van der Waals surface area contributed by atoms with Crippen LogP contribution >= 0.6 is 0 Å². The van der Waals surface area contributed by atoms with Crippen LogP contribution < -0.4 is 5.73 Å². The second-order valence-electron chi connectivity index (χ2n) is 4.80. The Labute approximate surface area is 98.1 Å². The van der Waals surface area contributed by atoms with Crippen molar-refractivity contribution in [3.8, 4) is 0 Å². The van der Waals surface area contributed by atoms with Gasteiger partial charge in [0, 0.05) is 6.54 Å². The highest BCUT2D eigenvalue weighted by atomic mass is 16.5. The van der Waals surface area contributed by atoms with Crippen LogP contribution in [0.4, 0.5) is 0 Å². The minimum absolute atomic E-state index is 0.0736. The summed E-state index contributed by atoms with van der Waals surface area (Å²) >= 11 is 0. The minimum Gasteiger partial charge on any atom is -0.377 e. The van der Waals surface area contributed by atoms with E-state index in [4.69, 9.17) is 10.5 Å². The van der Waals surface area contributed by atoms with E-state index >= 15 is 0 Å². The zero-order chi connectivity index (χ0) is 12.2. The number of amides is 1. The van der Waals surface area contributed by atoms with E-state index in [2.05, 4.69) is 13.8 Å². The molecule has 1 aliphatic heterocycles. The summed E-state index contributed by atoms with van der Waals surface area (Å²) in [5, 5.41) is 0. The van der Waals surface area contributed by atoms with Gasteiger partial charge in [0.25, 0.3) is 0 Å². The van der Waals surface area contributed by atoms with E-state index in [-0.39, 0.29) is 11.9 Å². The SMILES string of the molecule is CCCC(C)(N)C(=O)N1CCOCC1CC. The summed E-state index contributed by atoms with van der Waals surface area (Å²) in [7, 11) is 0. The van der Waals surface area contributed by atoms with Crippen molar-refractivity contribution in [2.45, 2.75) is 51.6 Å². The molecular weight excluding hydrogens is 204 g/mol. The quantitative estimate of drug-likeness (QED) is 0.785. The average molecular weight is 228 g/mol. The van der Waals surface area contributed by atoms with E-state index in [0.717, 1.165) is 19.3 Å². The molecule has 94 valence electrons. The van der Waals surface area contributed by atoms with E-state index in [1.165, 1.54) is 0 Å². The van der Waals surface area contributed by atoms with Gasteiger partial charge in [-0.2, -0.15) is 0 Å². The smallest absolute Gasteiger partial charge is 0.242 e. The Kier molecular flexibility index (Phi) is 4.74. The Morgan fingerprint density at radius 2 is 2.25 bits per heavy atom. The van der Waals surface area contributed by atoms with Crippen LogP contribution in [0.3, 0.4) is 0 Å². The van der Waals surface area contributed by atoms with Crippen molar-refractivity contribution in [2.75, 3.05) is 19.8 Å².